The normalized spacial score (nSPS) is 28.5. The SMILES string of the molecule is CC1CN(C(=O)C2CSC(Cc3ccccc3F)C(=O)N2)CCC1C(=O)O. The Morgan fingerprint density at radius 1 is 1.37 bits per heavy atom. The minimum Gasteiger partial charge on any atom is -0.481 e. The number of nitrogens with zero attached hydrogens (tertiary/aromatic N) is 1. The summed E-state index contributed by atoms with van der Waals surface area (Å²) < 4.78 is 13.8. The fourth-order valence-corrected chi connectivity index (χ4v) is 4.84. The Bertz CT molecular complexity index is 744. The van der Waals surface area contributed by atoms with Gasteiger partial charge in [0.05, 0.1) is 11.2 Å². The fourth-order valence-electron chi connectivity index (χ4n) is 3.68. The van der Waals surface area contributed by atoms with Crippen molar-refractivity contribution in [3.63, 3.8) is 0 Å². The van der Waals surface area contributed by atoms with Gasteiger partial charge in [0.1, 0.15) is 11.9 Å². The number of carboxylic acids is 1. The Kier molecular flexibility index (Phi) is 6.04. The van der Waals surface area contributed by atoms with E-state index in [1.807, 2.05) is 6.92 Å². The van der Waals surface area contributed by atoms with E-state index in [4.69, 9.17) is 0 Å². The zero-order valence-corrected chi connectivity index (χ0v) is 15.9. The highest BCUT2D eigenvalue weighted by Crippen LogP contribution is 2.27. The molecule has 4 atom stereocenters. The van der Waals surface area contributed by atoms with E-state index in [-0.39, 0.29) is 30.0 Å². The molecular formula is C19H23FN2O4S. The van der Waals surface area contributed by atoms with E-state index in [2.05, 4.69) is 5.32 Å². The second kappa shape index (κ2) is 8.29. The summed E-state index contributed by atoms with van der Waals surface area (Å²) in [5, 5.41) is 11.5. The van der Waals surface area contributed by atoms with Crippen molar-refractivity contribution >= 4 is 29.5 Å². The summed E-state index contributed by atoms with van der Waals surface area (Å²) in [5.74, 6) is -1.73. The van der Waals surface area contributed by atoms with Crippen LogP contribution in [0.3, 0.4) is 0 Å². The first-order valence-electron chi connectivity index (χ1n) is 9.03. The van der Waals surface area contributed by atoms with Crippen LogP contribution in [0.15, 0.2) is 24.3 Å². The molecule has 6 nitrogen and oxygen atoms in total. The number of carboxylic acid groups (broad SMARTS) is 1. The van der Waals surface area contributed by atoms with Gasteiger partial charge in [-0.15, -0.1) is 11.8 Å². The maximum Gasteiger partial charge on any atom is 0.306 e. The van der Waals surface area contributed by atoms with Crippen molar-refractivity contribution in [3.05, 3.63) is 35.6 Å². The van der Waals surface area contributed by atoms with Crippen LogP contribution in [0.4, 0.5) is 4.39 Å². The van der Waals surface area contributed by atoms with Crippen molar-refractivity contribution in [1.82, 2.24) is 10.2 Å². The molecule has 2 amide bonds. The van der Waals surface area contributed by atoms with Gasteiger partial charge in [-0.3, -0.25) is 14.4 Å². The fraction of sp³-hybridized carbons (Fsp3) is 0.526. The van der Waals surface area contributed by atoms with E-state index in [0.717, 1.165) is 0 Å². The van der Waals surface area contributed by atoms with Gasteiger partial charge in [-0.25, -0.2) is 4.39 Å². The number of nitrogens with one attached hydrogen (secondary N) is 1. The maximum atomic E-state index is 13.8. The van der Waals surface area contributed by atoms with Crippen molar-refractivity contribution in [2.24, 2.45) is 11.8 Å². The number of thioether (sulfide) groups is 1. The van der Waals surface area contributed by atoms with Crippen LogP contribution in [0, 0.1) is 17.7 Å². The predicted molar refractivity (Wildman–Crippen MR) is 99.8 cm³/mol. The third-order valence-corrected chi connectivity index (χ3v) is 6.58. The molecule has 0 aliphatic carbocycles. The predicted octanol–water partition coefficient (Wildman–Crippen LogP) is 1.54. The third-order valence-electron chi connectivity index (χ3n) is 5.27. The summed E-state index contributed by atoms with van der Waals surface area (Å²) >= 11 is 1.36. The Balaban J connectivity index is 1.56. The zero-order valence-electron chi connectivity index (χ0n) is 15.1. The van der Waals surface area contributed by atoms with Gasteiger partial charge < -0.3 is 15.3 Å². The smallest absolute Gasteiger partial charge is 0.306 e. The molecule has 0 bridgehead atoms. The van der Waals surface area contributed by atoms with Crippen LogP contribution >= 0.6 is 11.8 Å². The zero-order chi connectivity index (χ0) is 19.6. The Morgan fingerprint density at radius 3 is 2.74 bits per heavy atom. The molecule has 0 radical (unpaired) electrons. The maximum absolute atomic E-state index is 13.8. The Hall–Kier alpha value is -2.09. The van der Waals surface area contributed by atoms with Gasteiger partial charge in [0, 0.05) is 18.8 Å². The lowest BCUT2D eigenvalue weighted by atomic mass is 9.87. The molecule has 2 aliphatic rings. The number of hydrogen-bond acceptors (Lipinski definition) is 4. The lowest BCUT2D eigenvalue weighted by Gasteiger charge is -2.38. The monoisotopic (exact) mass is 394 g/mol. The summed E-state index contributed by atoms with van der Waals surface area (Å²) in [6, 6.07) is 5.75. The molecule has 0 saturated carbocycles. The van der Waals surface area contributed by atoms with Crippen LogP contribution < -0.4 is 5.32 Å². The number of carbonyl (C=O) groups excluding carboxylic acids is 2. The van der Waals surface area contributed by atoms with Crippen molar-refractivity contribution in [2.75, 3.05) is 18.8 Å². The number of likely N-dealkylation sites (tertiary alicyclic amines) is 1. The number of benzene rings is 1. The topological polar surface area (TPSA) is 86.7 Å². The average molecular weight is 394 g/mol. The van der Waals surface area contributed by atoms with Crippen LogP contribution in [-0.4, -0.2) is 57.9 Å². The molecule has 0 spiro atoms. The summed E-state index contributed by atoms with van der Waals surface area (Å²) in [5.41, 5.74) is 0.486. The molecule has 1 aromatic carbocycles. The standard InChI is InChI=1S/C19H23FN2O4S/c1-11-9-22(7-6-13(11)19(25)26)18(24)15-10-27-16(17(23)21-15)8-12-4-2-3-5-14(12)20/h2-5,11,13,15-16H,6-10H2,1H3,(H,21,23)(H,25,26). The number of hydrogen-bond donors (Lipinski definition) is 2. The Labute approximate surface area is 161 Å². The molecule has 2 heterocycles. The molecule has 2 fully saturated rings. The van der Waals surface area contributed by atoms with Gasteiger partial charge in [-0.1, -0.05) is 25.1 Å². The van der Waals surface area contributed by atoms with E-state index < -0.39 is 23.2 Å². The second-order valence-corrected chi connectivity index (χ2v) is 8.41. The van der Waals surface area contributed by atoms with Crippen LogP contribution in [0.25, 0.3) is 0 Å². The summed E-state index contributed by atoms with van der Waals surface area (Å²) in [4.78, 5) is 38.0. The lowest BCUT2D eigenvalue weighted by Crippen LogP contribution is -2.57. The molecule has 3 rings (SSSR count). The van der Waals surface area contributed by atoms with Crippen molar-refractivity contribution in [1.29, 1.82) is 0 Å². The molecule has 1 aromatic rings. The second-order valence-electron chi connectivity index (χ2n) is 7.17. The molecule has 2 aliphatic heterocycles. The minimum absolute atomic E-state index is 0.124. The van der Waals surface area contributed by atoms with Gasteiger partial charge >= 0.3 is 5.97 Å². The van der Waals surface area contributed by atoms with Crippen LogP contribution in [-0.2, 0) is 20.8 Å². The highest BCUT2D eigenvalue weighted by atomic mass is 32.2. The number of aliphatic carboxylic acids is 1. The highest BCUT2D eigenvalue weighted by Gasteiger charge is 2.38. The molecule has 4 unspecified atom stereocenters. The summed E-state index contributed by atoms with van der Waals surface area (Å²) in [7, 11) is 0. The molecule has 2 saturated heterocycles. The Morgan fingerprint density at radius 2 is 2.11 bits per heavy atom. The number of piperidine rings is 1. The minimum atomic E-state index is -0.827. The number of carbonyl (C=O) groups is 3. The van der Waals surface area contributed by atoms with Crippen molar-refractivity contribution < 1.29 is 23.9 Å². The average Bonchev–Trinajstić information content (AvgIpc) is 2.64. The molecular weight excluding hydrogens is 371 g/mol. The van der Waals surface area contributed by atoms with Crippen molar-refractivity contribution in [3.8, 4) is 0 Å². The molecule has 0 aromatic heterocycles. The summed E-state index contributed by atoms with van der Waals surface area (Å²) in [6.45, 7) is 2.60. The van der Waals surface area contributed by atoms with Gasteiger partial charge in [0.25, 0.3) is 0 Å². The van der Waals surface area contributed by atoms with E-state index in [0.29, 0.717) is 30.8 Å². The van der Waals surface area contributed by atoms with E-state index in [1.54, 1.807) is 23.1 Å². The third kappa shape index (κ3) is 4.43. The lowest BCUT2D eigenvalue weighted by molar-refractivity contribution is -0.149. The van der Waals surface area contributed by atoms with Crippen molar-refractivity contribution in [2.45, 2.75) is 31.1 Å². The number of rotatable bonds is 4. The molecule has 8 heteroatoms. The van der Waals surface area contributed by atoms with Gasteiger partial charge in [-0.05, 0) is 30.4 Å². The quantitative estimate of drug-likeness (QED) is 0.809. The van der Waals surface area contributed by atoms with E-state index >= 15 is 0 Å². The molecule has 27 heavy (non-hydrogen) atoms. The highest BCUT2D eigenvalue weighted by molar-refractivity contribution is 8.00. The van der Waals surface area contributed by atoms with Crippen LogP contribution in [0.5, 0.6) is 0 Å². The van der Waals surface area contributed by atoms with E-state index in [9.17, 15) is 23.9 Å². The van der Waals surface area contributed by atoms with Gasteiger partial charge in [0.15, 0.2) is 0 Å². The number of halogens is 1. The first kappa shape index (κ1) is 19.7. The largest absolute Gasteiger partial charge is 0.481 e. The summed E-state index contributed by atoms with van der Waals surface area (Å²) in [6.07, 6.45) is 0.705. The number of amides is 2. The first-order chi connectivity index (χ1) is 12.9. The molecule has 2 N–H and O–H groups in total. The van der Waals surface area contributed by atoms with Gasteiger partial charge in [0.2, 0.25) is 11.8 Å². The van der Waals surface area contributed by atoms with Crippen LogP contribution in [0.2, 0.25) is 0 Å². The van der Waals surface area contributed by atoms with E-state index in [1.165, 1.54) is 17.8 Å². The molecule has 146 valence electrons. The van der Waals surface area contributed by atoms with Gasteiger partial charge in [-0.2, -0.15) is 0 Å². The van der Waals surface area contributed by atoms with Crippen LogP contribution in [0.1, 0.15) is 18.9 Å². The first-order valence-corrected chi connectivity index (χ1v) is 10.1.